The highest BCUT2D eigenvalue weighted by Gasteiger charge is 2.32. The Balaban J connectivity index is 2.72. The lowest BCUT2D eigenvalue weighted by molar-refractivity contribution is -0.166. The van der Waals surface area contributed by atoms with Gasteiger partial charge in [-0.05, 0) is 25.7 Å². The van der Waals surface area contributed by atoms with Crippen LogP contribution in [-0.2, 0) is 23.9 Å². The van der Waals surface area contributed by atoms with Gasteiger partial charge in [-0.1, -0.05) is 0 Å². The zero-order chi connectivity index (χ0) is 12.8. The van der Waals surface area contributed by atoms with E-state index in [1.807, 2.05) is 0 Å². The first-order valence-electron chi connectivity index (χ1n) is 5.82. The van der Waals surface area contributed by atoms with Gasteiger partial charge in [0.2, 0.25) is 0 Å². The average Bonchev–Trinajstić information content (AvgIpc) is 2.40. The molecule has 0 N–H and O–H groups in total. The minimum atomic E-state index is -0.505. The monoisotopic (exact) mass is 242 g/mol. The molecule has 0 saturated heterocycles. The number of carbonyl (C=O) groups excluding carboxylic acids is 3. The molecular weight excluding hydrogens is 224 g/mol. The fourth-order valence-corrected chi connectivity index (χ4v) is 2.14. The van der Waals surface area contributed by atoms with Gasteiger partial charge >= 0.3 is 11.9 Å². The Morgan fingerprint density at radius 2 is 1.65 bits per heavy atom. The van der Waals surface area contributed by atoms with E-state index in [9.17, 15) is 14.4 Å². The summed E-state index contributed by atoms with van der Waals surface area (Å²) in [5.41, 5.74) is 0. The molecule has 5 heteroatoms. The molecule has 0 aliphatic heterocycles. The lowest BCUT2D eigenvalue weighted by Gasteiger charge is -2.24. The predicted octanol–water partition coefficient (Wildman–Crippen LogP) is 1.24. The van der Waals surface area contributed by atoms with Crippen LogP contribution in [0.2, 0.25) is 0 Å². The summed E-state index contributed by atoms with van der Waals surface area (Å²) < 4.78 is 10.3. The second-order valence-electron chi connectivity index (χ2n) is 4.36. The van der Waals surface area contributed by atoms with Gasteiger partial charge in [-0.15, -0.1) is 0 Å². The highest BCUT2D eigenvalue weighted by molar-refractivity contribution is 5.67. The molecule has 5 nitrogen and oxygen atoms in total. The number of hydrogen-bond acceptors (Lipinski definition) is 5. The Kier molecular flexibility index (Phi) is 5.12. The van der Waals surface area contributed by atoms with E-state index in [2.05, 4.69) is 0 Å². The molecule has 0 radical (unpaired) electrons. The maximum absolute atomic E-state index is 11.0. The summed E-state index contributed by atoms with van der Waals surface area (Å²) >= 11 is 0. The number of aldehydes is 1. The van der Waals surface area contributed by atoms with Crippen molar-refractivity contribution in [2.24, 2.45) is 5.92 Å². The van der Waals surface area contributed by atoms with Crippen LogP contribution in [0.25, 0.3) is 0 Å². The van der Waals surface area contributed by atoms with Crippen molar-refractivity contribution >= 4 is 18.2 Å². The van der Waals surface area contributed by atoms with Crippen LogP contribution in [0.3, 0.4) is 0 Å². The fraction of sp³-hybridized carbons (Fsp3) is 0.750. The lowest BCUT2D eigenvalue weighted by Crippen LogP contribution is -2.34. The van der Waals surface area contributed by atoms with Crippen molar-refractivity contribution in [1.82, 2.24) is 0 Å². The molecule has 3 atom stereocenters. The Morgan fingerprint density at radius 1 is 1.06 bits per heavy atom. The molecule has 3 unspecified atom stereocenters. The number of carbonyl (C=O) groups is 3. The number of hydrogen-bond donors (Lipinski definition) is 0. The molecule has 1 rings (SSSR count). The van der Waals surface area contributed by atoms with Crippen molar-refractivity contribution in [3.8, 4) is 0 Å². The van der Waals surface area contributed by atoms with Gasteiger partial charge in [-0.25, -0.2) is 0 Å². The smallest absolute Gasteiger partial charge is 0.303 e. The quantitative estimate of drug-likeness (QED) is 0.423. The molecule has 1 fully saturated rings. The summed E-state index contributed by atoms with van der Waals surface area (Å²) in [6.45, 7) is 2.64. The fourth-order valence-electron chi connectivity index (χ4n) is 2.14. The third kappa shape index (κ3) is 4.54. The van der Waals surface area contributed by atoms with Gasteiger partial charge in [0, 0.05) is 19.8 Å². The molecule has 96 valence electrons. The van der Waals surface area contributed by atoms with Crippen LogP contribution in [-0.4, -0.2) is 30.4 Å². The molecule has 1 saturated carbocycles. The van der Waals surface area contributed by atoms with Crippen LogP contribution in [0, 0.1) is 5.92 Å². The molecule has 0 aromatic carbocycles. The standard InChI is InChI=1S/C12H18O5/c1-8(14)16-11-5-3-4-10(7-13)6-12(11)17-9(2)15/h7,10-12H,3-6H2,1-2H3. The van der Waals surface area contributed by atoms with E-state index in [-0.39, 0.29) is 5.92 Å². The van der Waals surface area contributed by atoms with E-state index in [1.54, 1.807) is 0 Å². The summed E-state index contributed by atoms with van der Waals surface area (Å²) in [5.74, 6) is -0.935. The van der Waals surface area contributed by atoms with Crippen LogP contribution in [0.5, 0.6) is 0 Å². The maximum Gasteiger partial charge on any atom is 0.303 e. The number of rotatable bonds is 3. The van der Waals surface area contributed by atoms with Crippen LogP contribution < -0.4 is 0 Å². The SMILES string of the molecule is CC(=O)OC1CCCC(C=O)CC1OC(C)=O. The average molecular weight is 242 g/mol. The first-order valence-corrected chi connectivity index (χ1v) is 5.82. The van der Waals surface area contributed by atoms with E-state index in [0.29, 0.717) is 12.8 Å². The lowest BCUT2D eigenvalue weighted by atomic mass is 10.0. The first kappa shape index (κ1) is 13.7. The number of esters is 2. The highest BCUT2D eigenvalue weighted by atomic mass is 16.6. The van der Waals surface area contributed by atoms with Crippen LogP contribution in [0.1, 0.15) is 39.5 Å². The topological polar surface area (TPSA) is 69.7 Å². The van der Waals surface area contributed by atoms with E-state index in [0.717, 1.165) is 19.1 Å². The Morgan fingerprint density at radius 3 is 2.18 bits per heavy atom. The largest absolute Gasteiger partial charge is 0.459 e. The zero-order valence-corrected chi connectivity index (χ0v) is 10.2. The van der Waals surface area contributed by atoms with Crippen molar-refractivity contribution in [2.75, 3.05) is 0 Å². The summed E-state index contributed by atoms with van der Waals surface area (Å²) in [7, 11) is 0. The van der Waals surface area contributed by atoms with Gasteiger partial charge in [-0.3, -0.25) is 9.59 Å². The Hall–Kier alpha value is -1.39. The van der Waals surface area contributed by atoms with Gasteiger partial charge in [0.25, 0.3) is 0 Å². The first-order chi connectivity index (χ1) is 8.02. The highest BCUT2D eigenvalue weighted by Crippen LogP contribution is 2.26. The molecule has 0 aromatic heterocycles. The molecule has 1 aliphatic rings. The minimum absolute atomic E-state index is 0.125. The van der Waals surface area contributed by atoms with Crippen molar-refractivity contribution in [1.29, 1.82) is 0 Å². The van der Waals surface area contributed by atoms with Crippen molar-refractivity contribution in [3.63, 3.8) is 0 Å². The van der Waals surface area contributed by atoms with E-state index >= 15 is 0 Å². The number of ether oxygens (including phenoxy) is 2. The predicted molar refractivity (Wildman–Crippen MR) is 59.1 cm³/mol. The normalized spacial score (nSPS) is 28.9. The van der Waals surface area contributed by atoms with E-state index in [4.69, 9.17) is 9.47 Å². The summed E-state index contributed by atoms with van der Waals surface area (Å²) in [5, 5.41) is 0. The molecule has 0 amide bonds. The second-order valence-corrected chi connectivity index (χ2v) is 4.36. The molecule has 0 spiro atoms. The molecular formula is C12H18O5. The van der Waals surface area contributed by atoms with E-state index < -0.39 is 24.1 Å². The van der Waals surface area contributed by atoms with E-state index in [1.165, 1.54) is 13.8 Å². The zero-order valence-electron chi connectivity index (χ0n) is 10.2. The molecule has 0 heterocycles. The van der Waals surface area contributed by atoms with Gasteiger partial charge in [0.1, 0.15) is 18.5 Å². The van der Waals surface area contributed by atoms with Crippen molar-refractivity contribution in [2.45, 2.75) is 51.7 Å². The van der Waals surface area contributed by atoms with Crippen LogP contribution in [0.15, 0.2) is 0 Å². The van der Waals surface area contributed by atoms with Gasteiger partial charge in [0.05, 0.1) is 0 Å². The summed E-state index contributed by atoms with van der Waals surface area (Å²) in [6.07, 6.45) is 2.55. The molecule has 0 aromatic rings. The summed E-state index contributed by atoms with van der Waals surface area (Å²) in [4.78, 5) is 32.8. The van der Waals surface area contributed by atoms with Gasteiger partial charge < -0.3 is 14.3 Å². The third-order valence-corrected chi connectivity index (χ3v) is 2.84. The molecule has 1 aliphatic carbocycles. The van der Waals surface area contributed by atoms with Crippen LogP contribution in [0.4, 0.5) is 0 Å². The Labute approximate surface area is 100 Å². The minimum Gasteiger partial charge on any atom is -0.459 e. The van der Waals surface area contributed by atoms with Crippen molar-refractivity contribution < 1.29 is 23.9 Å². The second kappa shape index (κ2) is 6.37. The summed E-state index contributed by atoms with van der Waals surface area (Å²) in [6, 6.07) is 0. The van der Waals surface area contributed by atoms with Crippen molar-refractivity contribution in [3.05, 3.63) is 0 Å². The van der Waals surface area contributed by atoms with Crippen LogP contribution >= 0.6 is 0 Å². The maximum atomic E-state index is 11.0. The Bertz CT molecular complexity index is 299. The van der Waals surface area contributed by atoms with Gasteiger partial charge in [-0.2, -0.15) is 0 Å². The molecule has 0 bridgehead atoms. The van der Waals surface area contributed by atoms with Gasteiger partial charge in [0.15, 0.2) is 0 Å². The third-order valence-electron chi connectivity index (χ3n) is 2.84. The molecule has 17 heavy (non-hydrogen) atoms.